The van der Waals surface area contributed by atoms with Crippen LogP contribution in [0.15, 0.2) is 48.5 Å². The van der Waals surface area contributed by atoms with E-state index in [-0.39, 0.29) is 24.1 Å². The minimum Gasteiger partial charge on any atom is -0.388 e. The lowest BCUT2D eigenvalue weighted by atomic mass is 9.60. The van der Waals surface area contributed by atoms with E-state index in [1.165, 1.54) is 24.1 Å². The van der Waals surface area contributed by atoms with E-state index in [4.69, 9.17) is 0 Å². The SMILES string of the molecule is Cn1nnc(N(Cc2cc(C(F)(F)F)cc(C(F)(F)F)c2)CC2CC(C(F)(F)F)C2C(O)c2ccccc2)n1. The average molecular weight is 567 g/mol. The van der Waals surface area contributed by atoms with Crippen LogP contribution in [0.4, 0.5) is 45.5 Å². The lowest BCUT2D eigenvalue weighted by Gasteiger charge is -2.49. The molecule has 1 heterocycles. The Balaban J connectivity index is 1.68. The molecule has 0 saturated heterocycles. The highest BCUT2D eigenvalue weighted by molar-refractivity contribution is 5.37. The van der Waals surface area contributed by atoms with Crippen molar-refractivity contribution in [3.05, 3.63) is 70.8 Å². The van der Waals surface area contributed by atoms with Gasteiger partial charge in [-0.05, 0) is 46.9 Å². The molecule has 4 unspecified atom stereocenters. The van der Waals surface area contributed by atoms with Crippen molar-refractivity contribution in [2.45, 2.75) is 37.6 Å². The molecule has 6 nitrogen and oxygen atoms in total. The maximum Gasteiger partial charge on any atom is 0.416 e. The highest BCUT2D eigenvalue weighted by Gasteiger charge is 2.58. The number of hydrogen-bond acceptors (Lipinski definition) is 5. The van der Waals surface area contributed by atoms with Gasteiger partial charge in [0.05, 0.1) is 30.2 Å². The van der Waals surface area contributed by atoms with Crippen LogP contribution in [-0.2, 0) is 25.9 Å². The van der Waals surface area contributed by atoms with Crippen LogP contribution in [0.2, 0.25) is 0 Å². The summed E-state index contributed by atoms with van der Waals surface area (Å²) in [5.41, 5.74) is -3.22. The average Bonchev–Trinajstić information content (AvgIpc) is 3.25. The molecule has 212 valence electrons. The number of tetrazole rings is 1. The number of aryl methyl sites for hydroxylation is 1. The van der Waals surface area contributed by atoms with Crippen molar-refractivity contribution in [1.82, 2.24) is 20.2 Å². The molecule has 1 aliphatic carbocycles. The van der Waals surface area contributed by atoms with E-state index >= 15 is 0 Å². The van der Waals surface area contributed by atoms with Crippen molar-refractivity contribution in [1.29, 1.82) is 0 Å². The highest BCUT2D eigenvalue weighted by Crippen LogP contribution is 2.54. The number of rotatable bonds is 7. The van der Waals surface area contributed by atoms with E-state index in [0.29, 0.717) is 12.1 Å². The number of halogens is 9. The van der Waals surface area contributed by atoms with Gasteiger partial charge in [-0.15, -0.1) is 5.10 Å². The summed E-state index contributed by atoms with van der Waals surface area (Å²) in [5.74, 6) is -4.23. The summed E-state index contributed by atoms with van der Waals surface area (Å²) in [5, 5.41) is 22.2. The van der Waals surface area contributed by atoms with Crippen LogP contribution in [0.1, 0.15) is 34.8 Å². The number of anilines is 1. The first kappa shape index (κ1) is 28.6. The number of hydrogen-bond donors (Lipinski definition) is 1. The molecule has 1 aromatic heterocycles. The van der Waals surface area contributed by atoms with E-state index in [9.17, 15) is 44.6 Å². The van der Waals surface area contributed by atoms with Crippen molar-refractivity contribution >= 4 is 5.95 Å². The third-order valence-electron chi connectivity index (χ3n) is 6.75. The lowest BCUT2D eigenvalue weighted by molar-refractivity contribution is -0.243. The summed E-state index contributed by atoms with van der Waals surface area (Å²) in [4.78, 5) is 2.16. The fourth-order valence-electron chi connectivity index (χ4n) is 4.90. The van der Waals surface area contributed by atoms with Crippen LogP contribution in [0.3, 0.4) is 0 Å². The van der Waals surface area contributed by atoms with Gasteiger partial charge in [-0.1, -0.05) is 35.4 Å². The summed E-state index contributed by atoms with van der Waals surface area (Å²) in [7, 11) is 1.37. The summed E-state index contributed by atoms with van der Waals surface area (Å²) >= 11 is 0. The van der Waals surface area contributed by atoms with Crippen LogP contribution in [-0.4, -0.2) is 38.0 Å². The third-order valence-corrected chi connectivity index (χ3v) is 6.75. The molecule has 15 heteroatoms. The second-order valence-corrected chi connectivity index (χ2v) is 9.45. The Kier molecular flexibility index (Phi) is 7.58. The molecule has 0 amide bonds. The van der Waals surface area contributed by atoms with E-state index in [1.807, 2.05) is 0 Å². The molecule has 0 bridgehead atoms. The van der Waals surface area contributed by atoms with Gasteiger partial charge in [-0.25, -0.2) is 0 Å². The summed E-state index contributed by atoms with van der Waals surface area (Å²) < 4.78 is 122. The van der Waals surface area contributed by atoms with Gasteiger partial charge < -0.3 is 10.0 Å². The Morgan fingerprint density at radius 3 is 2.03 bits per heavy atom. The molecule has 2 aromatic carbocycles. The molecule has 4 rings (SSSR count). The molecule has 4 atom stereocenters. The normalized spacial score (nSPS) is 20.9. The van der Waals surface area contributed by atoms with E-state index in [2.05, 4.69) is 15.4 Å². The Morgan fingerprint density at radius 2 is 1.54 bits per heavy atom. The zero-order valence-corrected chi connectivity index (χ0v) is 20.1. The van der Waals surface area contributed by atoms with Crippen LogP contribution in [0.5, 0.6) is 0 Å². The van der Waals surface area contributed by atoms with E-state index < -0.39 is 72.0 Å². The summed E-state index contributed by atoms with van der Waals surface area (Å²) in [6.07, 6.45) is -16.7. The molecule has 1 fully saturated rings. The predicted molar refractivity (Wildman–Crippen MR) is 119 cm³/mol. The van der Waals surface area contributed by atoms with Gasteiger partial charge in [-0.2, -0.15) is 44.3 Å². The van der Waals surface area contributed by atoms with E-state index in [1.54, 1.807) is 18.2 Å². The Hall–Kier alpha value is -3.36. The Bertz CT molecular complexity index is 1240. The minimum atomic E-state index is -5.08. The zero-order valence-electron chi connectivity index (χ0n) is 20.1. The van der Waals surface area contributed by atoms with Crippen LogP contribution < -0.4 is 4.90 Å². The number of benzene rings is 2. The smallest absolute Gasteiger partial charge is 0.388 e. The molecule has 3 aromatic rings. The highest BCUT2D eigenvalue weighted by atomic mass is 19.4. The first-order chi connectivity index (χ1) is 18.0. The van der Waals surface area contributed by atoms with Crippen molar-refractivity contribution < 1.29 is 44.6 Å². The third kappa shape index (κ3) is 6.45. The van der Waals surface area contributed by atoms with Crippen LogP contribution >= 0.6 is 0 Å². The standard InChI is InChI=1S/C24H22F9N5O/c1-37-35-21(34-36-37)38(11-13-7-16(22(25,26)27)10-17(8-13)23(28,29)30)12-15-9-18(24(31,32)33)19(15)20(39)14-5-3-2-4-6-14/h2-8,10,15,18-20,39H,9,11-12H2,1H3. The quantitative estimate of drug-likeness (QED) is 0.366. The molecular weight excluding hydrogens is 545 g/mol. The largest absolute Gasteiger partial charge is 0.416 e. The van der Waals surface area contributed by atoms with Crippen molar-refractivity contribution in [3.63, 3.8) is 0 Å². The molecule has 0 spiro atoms. The lowest BCUT2D eigenvalue weighted by Crippen LogP contribution is -2.52. The maximum absolute atomic E-state index is 13.7. The predicted octanol–water partition coefficient (Wildman–Crippen LogP) is 5.80. The van der Waals surface area contributed by atoms with Crippen LogP contribution in [0.25, 0.3) is 0 Å². The van der Waals surface area contributed by atoms with Gasteiger partial charge in [0, 0.05) is 19.0 Å². The topological polar surface area (TPSA) is 67.1 Å². The van der Waals surface area contributed by atoms with Gasteiger partial charge >= 0.3 is 18.5 Å². The van der Waals surface area contributed by atoms with Gasteiger partial charge in [-0.3, -0.25) is 0 Å². The minimum absolute atomic E-state index is 0.0134. The van der Waals surface area contributed by atoms with Crippen molar-refractivity contribution in [2.24, 2.45) is 24.8 Å². The molecule has 0 aliphatic heterocycles. The molecule has 1 aliphatic rings. The monoisotopic (exact) mass is 567 g/mol. The first-order valence-electron chi connectivity index (χ1n) is 11.6. The number of nitrogens with zero attached hydrogens (tertiary/aromatic N) is 5. The number of aromatic nitrogens is 4. The fourth-order valence-corrected chi connectivity index (χ4v) is 4.90. The van der Waals surface area contributed by atoms with Crippen LogP contribution in [0, 0.1) is 17.8 Å². The summed E-state index contributed by atoms with van der Waals surface area (Å²) in [6.45, 7) is -0.871. The number of aliphatic hydroxyl groups excluding tert-OH is 1. The molecule has 1 saturated carbocycles. The van der Waals surface area contributed by atoms with Gasteiger partial charge in [0.1, 0.15) is 0 Å². The van der Waals surface area contributed by atoms with E-state index in [0.717, 1.165) is 4.80 Å². The molecule has 39 heavy (non-hydrogen) atoms. The Morgan fingerprint density at radius 1 is 0.949 bits per heavy atom. The fraction of sp³-hybridized carbons (Fsp3) is 0.458. The van der Waals surface area contributed by atoms with Gasteiger partial charge in [0.2, 0.25) is 0 Å². The van der Waals surface area contributed by atoms with Gasteiger partial charge in [0.25, 0.3) is 5.95 Å². The number of alkyl halides is 9. The second kappa shape index (κ2) is 10.3. The van der Waals surface area contributed by atoms with Crippen molar-refractivity contribution in [2.75, 3.05) is 11.4 Å². The molecular formula is C24H22F9N5O. The maximum atomic E-state index is 13.7. The van der Waals surface area contributed by atoms with Crippen molar-refractivity contribution in [3.8, 4) is 0 Å². The van der Waals surface area contributed by atoms with Gasteiger partial charge in [0.15, 0.2) is 0 Å². The summed E-state index contributed by atoms with van der Waals surface area (Å²) in [6, 6.07) is 8.73. The number of aliphatic hydroxyl groups is 1. The molecule has 0 radical (unpaired) electrons. The Labute approximate surface area is 216 Å². The second-order valence-electron chi connectivity index (χ2n) is 9.45. The first-order valence-corrected chi connectivity index (χ1v) is 11.6. The zero-order chi connectivity index (χ0) is 28.8. The molecule has 1 N–H and O–H groups in total.